The van der Waals surface area contributed by atoms with Crippen molar-refractivity contribution in [1.82, 2.24) is 10.5 Å². The fraction of sp³-hybridized carbons (Fsp3) is 0.667. The van der Waals surface area contributed by atoms with E-state index in [-0.39, 0.29) is 0 Å². The van der Waals surface area contributed by atoms with E-state index in [4.69, 9.17) is 4.52 Å². The van der Waals surface area contributed by atoms with Gasteiger partial charge in [-0.3, -0.25) is 0 Å². The zero-order chi connectivity index (χ0) is 9.10. The van der Waals surface area contributed by atoms with Crippen LogP contribution in [0.1, 0.15) is 24.5 Å². The molecule has 0 unspecified atom stereocenters. The highest BCUT2D eigenvalue weighted by Crippen LogP contribution is 2.25. The van der Waals surface area contributed by atoms with E-state index >= 15 is 0 Å². The number of rotatable bonds is 2. The predicted molar refractivity (Wildman–Crippen MR) is 50.9 cm³/mol. The molecule has 0 aliphatic carbocycles. The third kappa shape index (κ3) is 1.83. The van der Waals surface area contributed by atoms with E-state index in [9.17, 15) is 0 Å². The summed E-state index contributed by atoms with van der Waals surface area (Å²) in [6.45, 7) is 2.18. The smallest absolute Gasteiger partial charge is 0.224 e. The van der Waals surface area contributed by atoms with Gasteiger partial charge in [-0.25, -0.2) is 0 Å². The molecule has 0 spiro atoms. The molecule has 0 atom stereocenters. The van der Waals surface area contributed by atoms with Gasteiger partial charge in [-0.15, -0.1) is 0 Å². The number of hydrogen-bond donors (Lipinski definition) is 2. The van der Waals surface area contributed by atoms with Crippen LogP contribution >= 0.6 is 0 Å². The molecule has 1 saturated heterocycles. The number of nitrogens with zero attached hydrogens (tertiary/aromatic N) is 1. The molecular formula is C9H15N3O. The van der Waals surface area contributed by atoms with Crippen molar-refractivity contribution >= 4 is 5.88 Å². The molecule has 72 valence electrons. The highest BCUT2D eigenvalue weighted by Gasteiger charge is 2.18. The Labute approximate surface area is 77.7 Å². The molecule has 0 bridgehead atoms. The number of piperidine rings is 1. The van der Waals surface area contributed by atoms with Gasteiger partial charge in [-0.1, -0.05) is 5.16 Å². The zero-order valence-electron chi connectivity index (χ0n) is 7.84. The third-order valence-electron chi connectivity index (χ3n) is 2.53. The van der Waals surface area contributed by atoms with E-state index in [0.717, 1.165) is 37.5 Å². The Morgan fingerprint density at radius 2 is 2.31 bits per heavy atom. The second-order valence-corrected chi connectivity index (χ2v) is 3.39. The molecule has 2 rings (SSSR count). The van der Waals surface area contributed by atoms with Crippen molar-refractivity contribution in [1.29, 1.82) is 0 Å². The lowest BCUT2D eigenvalue weighted by Gasteiger charge is -2.19. The average Bonchev–Trinajstić information content (AvgIpc) is 2.67. The molecule has 4 nitrogen and oxygen atoms in total. The molecular weight excluding hydrogens is 166 g/mol. The van der Waals surface area contributed by atoms with Gasteiger partial charge in [0.2, 0.25) is 5.88 Å². The number of hydrogen-bond acceptors (Lipinski definition) is 4. The standard InChI is InChI=1S/C9H15N3O/c1-10-9-6-8(12-13-9)7-2-4-11-5-3-7/h6-7,10-11H,2-5H2,1H3. The molecule has 1 aromatic heterocycles. The van der Waals surface area contributed by atoms with Crippen LogP contribution in [0.5, 0.6) is 0 Å². The van der Waals surface area contributed by atoms with Crippen LogP contribution in [0.15, 0.2) is 10.6 Å². The summed E-state index contributed by atoms with van der Waals surface area (Å²) >= 11 is 0. The summed E-state index contributed by atoms with van der Waals surface area (Å²) in [6.07, 6.45) is 2.32. The summed E-state index contributed by atoms with van der Waals surface area (Å²) in [7, 11) is 1.84. The van der Waals surface area contributed by atoms with Gasteiger partial charge in [0.05, 0.1) is 5.69 Å². The van der Waals surface area contributed by atoms with Gasteiger partial charge in [-0.2, -0.15) is 0 Å². The quantitative estimate of drug-likeness (QED) is 0.719. The normalized spacial score (nSPS) is 18.8. The SMILES string of the molecule is CNc1cc(C2CCNCC2)no1. The van der Waals surface area contributed by atoms with Crippen LogP contribution in [-0.2, 0) is 0 Å². The molecule has 0 aromatic carbocycles. The molecule has 1 aliphatic rings. The summed E-state index contributed by atoms with van der Waals surface area (Å²) in [5.41, 5.74) is 1.09. The van der Waals surface area contributed by atoms with E-state index in [1.54, 1.807) is 0 Å². The molecule has 1 aliphatic heterocycles. The number of nitrogens with one attached hydrogen (secondary N) is 2. The molecule has 1 aromatic rings. The van der Waals surface area contributed by atoms with E-state index in [0.29, 0.717) is 5.92 Å². The van der Waals surface area contributed by atoms with Crippen LogP contribution in [0.3, 0.4) is 0 Å². The van der Waals surface area contributed by atoms with Crippen molar-refractivity contribution in [2.45, 2.75) is 18.8 Å². The van der Waals surface area contributed by atoms with Gasteiger partial charge in [0.1, 0.15) is 0 Å². The van der Waals surface area contributed by atoms with Crippen LogP contribution < -0.4 is 10.6 Å². The minimum absolute atomic E-state index is 0.576. The minimum atomic E-state index is 0.576. The molecule has 1 fully saturated rings. The topological polar surface area (TPSA) is 50.1 Å². The minimum Gasteiger partial charge on any atom is -0.357 e. The summed E-state index contributed by atoms with van der Waals surface area (Å²) in [5.74, 6) is 1.33. The molecule has 13 heavy (non-hydrogen) atoms. The van der Waals surface area contributed by atoms with E-state index in [1.165, 1.54) is 0 Å². The first-order valence-electron chi connectivity index (χ1n) is 4.75. The Morgan fingerprint density at radius 1 is 1.54 bits per heavy atom. The molecule has 0 radical (unpaired) electrons. The van der Waals surface area contributed by atoms with Gasteiger partial charge < -0.3 is 15.2 Å². The van der Waals surface area contributed by atoms with E-state index in [2.05, 4.69) is 15.8 Å². The van der Waals surface area contributed by atoms with Gasteiger partial charge in [0, 0.05) is 19.0 Å². The van der Waals surface area contributed by atoms with Crippen LogP contribution in [0.4, 0.5) is 5.88 Å². The third-order valence-corrected chi connectivity index (χ3v) is 2.53. The first-order chi connectivity index (χ1) is 6.40. The van der Waals surface area contributed by atoms with Gasteiger partial charge in [-0.05, 0) is 25.9 Å². The Morgan fingerprint density at radius 3 is 2.92 bits per heavy atom. The summed E-state index contributed by atoms with van der Waals surface area (Å²) in [4.78, 5) is 0. The Bertz CT molecular complexity index is 266. The summed E-state index contributed by atoms with van der Waals surface area (Å²) in [5, 5.41) is 10.3. The molecule has 2 heterocycles. The number of aromatic nitrogens is 1. The largest absolute Gasteiger partial charge is 0.357 e. The van der Waals surface area contributed by atoms with E-state index in [1.807, 2.05) is 13.1 Å². The first kappa shape index (κ1) is 8.56. The van der Waals surface area contributed by atoms with Crippen molar-refractivity contribution in [2.75, 3.05) is 25.5 Å². The summed E-state index contributed by atoms with van der Waals surface area (Å²) in [6, 6.07) is 2.00. The first-order valence-corrected chi connectivity index (χ1v) is 4.75. The fourth-order valence-corrected chi connectivity index (χ4v) is 1.72. The molecule has 4 heteroatoms. The maximum absolute atomic E-state index is 5.09. The van der Waals surface area contributed by atoms with Gasteiger partial charge >= 0.3 is 0 Å². The second-order valence-electron chi connectivity index (χ2n) is 3.39. The maximum Gasteiger partial charge on any atom is 0.224 e. The van der Waals surface area contributed by atoms with Crippen molar-refractivity contribution in [2.24, 2.45) is 0 Å². The Hall–Kier alpha value is -1.03. The van der Waals surface area contributed by atoms with Crippen molar-refractivity contribution in [3.8, 4) is 0 Å². The summed E-state index contributed by atoms with van der Waals surface area (Å²) < 4.78 is 5.09. The van der Waals surface area contributed by atoms with Crippen LogP contribution in [0.25, 0.3) is 0 Å². The molecule has 2 N–H and O–H groups in total. The second kappa shape index (κ2) is 3.79. The average molecular weight is 181 g/mol. The predicted octanol–water partition coefficient (Wildman–Crippen LogP) is 1.18. The van der Waals surface area contributed by atoms with Crippen LogP contribution in [0.2, 0.25) is 0 Å². The van der Waals surface area contributed by atoms with Crippen molar-refractivity contribution in [3.63, 3.8) is 0 Å². The van der Waals surface area contributed by atoms with Crippen molar-refractivity contribution < 1.29 is 4.52 Å². The van der Waals surface area contributed by atoms with Gasteiger partial charge in [0.25, 0.3) is 0 Å². The van der Waals surface area contributed by atoms with Crippen LogP contribution in [-0.4, -0.2) is 25.3 Å². The number of anilines is 1. The Kier molecular flexibility index (Phi) is 2.49. The van der Waals surface area contributed by atoms with Crippen molar-refractivity contribution in [3.05, 3.63) is 11.8 Å². The molecule has 0 amide bonds. The van der Waals surface area contributed by atoms with Gasteiger partial charge in [0.15, 0.2) is 0 Å². The van der Waals surface area contributed by atoms with Crippen LogP contribution in [0, 0.1) is 0 Å². The highest BCUT2D eigenvalue weighted by molar-refractivity contribution is 5.31. The molecule has 0 saturated carbocycles. The monoisotopic (exact) mass is 181 g/mol. The van der Waals surface area contributed by atoms with E-state index < -0.39 is 0 Å². The lowest BCUT2D eigenvalue weighted by Crippen LogP contribution is -2.26. The zero-order valence-corrected chi connectivity index (χ0v) is 7.84. The highest BCUT2D eigenvalue weighted by atomic mass is 16.5. The lowest BCUT2D eigenvalue weighted by molar-refractivity contribution is 0.393. The fourth-order valence-electron chi connectivity index (χ4n) is 1.72. The lowest BCUT2D eigenvalue weighted by atomic mass is 9.95. The Balaban J connectivity index is 2.05. The maximum atomic E-state index is 5.09.